The van der Waals surface area contributed by atoms with Crippen molar-refractivity contribution in [2.45, 2.75) is 33.0 Å². The highest BCUT2D eigenvalue weighted by atomic mass is 19.1. The summed E-state index contributed by atoms with van der Waals surface area (Å²) >= 11 is 0. The number of benzene rings is 2. The maximum absolute atomic E-state index is 15.4. The molecule has 0 spiro atoms. The lowest BCUT2D eigenvalue weighted by Gasteiger charge is -2.45. The highest BCUT2D eigenvalue weighted by molar-refractivity contribution is 5.98. The van der Waals surface area contributed by atoms with Crippen LogP contribution in [0.5, 0.6) is 0 Å². The summed E-state index contributed by atoms with van der Waals surface area (Å²) in [5, 5.41) is 12.4. The number of carbonyl (C=O) groups excluding carboxylic acids is 1. The molecular formula is C24H27FN4O2. The number of imidazole rings is 1. The molecule has 4 rings (SSSR count). The second-order valence-corrected chi connectivity index (χ2v) is 8.24. The number of H-pyrrole nitrogens is 1. The fourth-order valence-electron chi connectivity index (χ4n) is 4.20. The first kappa shape index (κ1) is 21.1. The molecule has 3 N–H and O–H groups in total. The van der Waals surface area contributed by atoms with Gasteiger partial charge in [0.2, 0.25) is 0 Å². The number of rotatable bonds is 5. The Bertz CT molecular complexity index is 1130. The van der Waals surface area contributed by atoms with Crippen molar-refractivity contribution in [1.29, 1.82) is 0 Å². The molecule has 1 aromatic heterocycles. The van der Waals surface area contributed by atoms with Crippen molar-refractivity contribution in [2.24, 2.45) is 0 Å². The summed E-state index contributed by atoms with van der Waals surface area (Å²) in [5.41, 5.74) is 4.76. The van der Waals surface area contributed by atoms with E-state index in [9.17, 15) is 9.90 Å². The number of alkyl halides is 1. The Balaban J connectivity index is 1.58. The SMILES string of the molecule is CNc1ccc(C2(F)CN(C(=O)c3cc(-c4[nH]c(CO)nc4C)c(C)cc3C)C2)cc1. The van der Waals surface area contributed by atoms with Crippen LogP contribution in [0.15, 0.2) is 36.4 Å². The van der Waals surface area contributed by atoms with E-state index in [1.54, 1.807) is 17.0 Å². The number of carbonyl (C=O) groups is 1. The minimum Gasteiger partial charge on any atom is -0.388 e. The van der Waals surface area contributed by atoms with Gasteiger partial charge in [0, 0.05) is 23.9 Å². The molecule has 0 atom stereocenters. The van der Waals surface area contributed by atoms with Crippen LogP contribution in [0.4, 0.5) is 10.1 Å². The molecule has 1 aliphatic rings. The number of aryl methyl sites for hydroxylation is 3. The Hall–Kier alpha value is -3.19. The van der Waals surface area contributed by atoms with Gasteiger partial charge in [-0.2, -0.15) is 0 Å². The Labute approximate surface area is 181 Å². The molecular weight excluding hydrogens is 395 g/mol. The maximum atomic E-state index is 15.4. The van der Waals surface area contributed by atoms with Gasteiger partial charge >= 0.3 is 0 Å². The Morgan fingerprint density at radius 1 is 1.19 bits per heavy atom. The predicted molar refractivity (Wildman–Crippen MR) is 119 cm³/mol. The average molecular weight is 423 g/mol. The van der Waals surface area contributed by atoms with Crippen molar-refractivity contribution in [3.63, 3.8) is 0 Å². The molecule has 3 aromatic rings. The van der Waals surface area contributed by atoms with Crippen LogP contribution in [0, 0.1) is 20.8 Å². The molecule has 2 aromatic carbocycles. The number of aromatic amines is 1. The molecule has 0 aliphatic carbocycles. The van der Waals surface area contributed by atoms with Crippen LogP contribution >= 0.6 is 0 Å². The van der Waals surface area contributed by atoms with Gasteiger partial charge < -0.3 is 20.3 Å². The largest absolute Gasteiger partial charge is 0.388 e. The van der Waals surface area contributed by atoms with Crippen LogP contribution in [-0.4, -0.2) is 46.0 Å². The monoisotopic (exact) mass is 422 g/mol. The van der Waals surface area contributed by atoms with Gasteiger partial charge in [-0.3, -0.25) is 4.79 Å². The van der Waals surface area contributed by atoms with Gasteiger partial charge in [-0.1, -0.05) is 18.2 Å². The number of nitrogens with zero attached hydrogens (tertiary/aromatic N) is 2. The van der Waals surface area contributed by atoms with Crippen molar-refractivity contribution in [2.75, 3.05) is 25.5 Å². The summed E-state index contributed by atoms with van der Waals surface area (Å²) in [6.07, 6.45) is 0. The summed E-state index contributed by atoms with van der Waals surface area (Å²) in [7, 11) is 1.82. The number of halogens is 1. The zero-order valence-corrected chi connectivity index (χ0v) is 18.2. The zero-order valence-electron chi connectivity index (χ0n) is 18.2. The number of aliphatic hydroxyl groups is 1. The lowest BCUT2D eigenvalue weighted by Crippen LogP contribution is -2.58. The Kier molecular flexibility index (Phi) is 5.31. The minimum absolute atomic E-state index is 0.0329. The summed E-state index contributed by atoms with van der Waals surface area (Å²) in [4.78, 5) is 22.2. The molecule has 31 heavy (non-hydrogen) atoms. The normalized spacial score (nSPS) is 15.0. The summed E-state index contributed by atoms with van der Waals surface area (Å²) in [6, 6.07) is 11.0. The molecule has 162 valence electrons. The third-order valence-electron chi connectivity index (χ3n) is 6.02. The lowest BCUT2D eigenvalue weighted by molar-refractivity contribution is -0.0231. The number of nitrogens with one attached hydrogen (secondary N) is 2. The Morgan fingerprint density at radius 2 is 1.87 bits per heavy atom. The highest BCUT2D eigenvalue weighted by Gasteiger charge is 2.47. The second kappa shape index (κ2) is 7.81. The fourth-order valence-corrected chi connectivity index (χ4v) is 4.20. The second-order valence-electron chi connectivity index (χ2n) is 8.24. The molecule has 0 radical (unpaired) electrons. The van der Waals surface area contributed by atoms with Gasteiger partial charge in [0.25, 0.3) is 5.91 Å². The number of aliphatic hydroxyl groups excluding tert-OH is 1. The summed E-state index contributed by atoms with van der Waals surface area (Å²) in [5.74, 6) is 0.299. The quantitative estimate of drug-likeness (QED) is 0.583. The number of anilines is 1. The maximum Gasteiger partial charge on any atom is 0.254 e. The van der Waals surface area contributed by atoms with E-state index in [2.05, 4.69) is 15.3 Å². The topological polar surface area (TPSA) is 81.2 Å². The summed E-state index contributed by atoms with van der Waals surface area (Å²) in [6.45, 7) is 5.61. The molecule has 2 heterocycles. The number of aromatic nitrogens is 2. The molecule has 1 fully saturated rings. The van der Waals surface area contributed by atoms with Crippen molar-refractivity contribution in [1.82, 2.24) is 14.9 Å². The van der Waals surface area contributed by atoms with Gasteiger partial charge in [-0.25, -0.2) is 9.37 Å². The summed E-state index contributed by atoms with van der Waals surface area (Å²) < 4.78 is 15.4. The van der Waals surface area contributed by atoms with Crippen molar-refractivity contribution in [3.05, 3.63) is 70.2 Å². The molecule has 1 amide bonds. The van der Waals surface area contributed by atoms with Crippen LogP contribution in [0.3, 0.4) is 0 Å². The molecule has 1 saturated heterocycles. The minimum atomic E-state index is -1.53. The molecule has 6 nitrogen and oxygen atoms in total. The van der Waals surface area contributed by atoms with E-state index < -0.39 is 5.67 Å². The van der Waals surface area contributed by atoms with E-state index in [1.807, 2.05) is 52.1 Å². The molecule has 1 aliphatic heterocycles. The molecule has 0 bridgehead atoms. The van der Waals surface area contributed by atoms with Crippen molar-refractivity contribution in [3.8, 4) is 11.3 Å². The third kappa shape index (κ3) is 3.70. The number of hydrogen-bond donors (Lipinski definition) is 3. The fraction of sp³-hybridized carbons (Fsp3) is 0.333. The third-order valence-corrected chi connectivity index (χ3v) is 6.02. The smallest absolute Gasteiger partial charge is 0.254 e. The van der Waals surface area contributed by atoms with Crippen molar-refractivity contribution < 1.29 is 14.3 Å². The molecule has 7 heteroatoms. The lowest BCUT2D eigenvalue weighted by atomic mass is 9.86. The zero-order chi connectivity index (χ0) is 22.3. The van der Waals surface area contributed by atoms with E-state index in [0.717, 1.165) is 33.8 Å². The van der Waals surface area contributed by atoms with Gasteiger partial charge in [0.1, 0.15) is 12.4 Å². The van der Waals surface area contributed by atoms with Gasteiger partial charge in [-0.05, 0) is 55.7 Å². The highest BCUT2D eigenvalue weighted by Crippen LogP contribution is 2.38. The predicted octanol–water partition coefficient (Wildman–Crippen LogP) is 3.86. The van der Waals surface area contributed by atoms with E-state index in [-0.39, 0.29) is 25.6 Å². The Morgan fingerprint density at radius 3 is 2.45 bits per heavy atom. The standard InChI is InChI=1S/C24H27FN4O2/c1-14-9-15(2)20(10-19(14)22-16(3)27-21(11-30)28-22)23(31)29-12-24(25,13-29)17-5-7-18(26-4)8-6-17/h5-10,26,30H,11-13H2,1-4H3,(H,27,28). The van der Waals surface area contributed by atoms with E-state index in [1.165, 1.54) is 0 Å². The van der Waals surface area contributed by atoms with Crippen LogP contribution < -0.4 is 5.32 Å². The van der Waals surface area contributed by atoms with Crippen LogP contribution in [0.2, 0.25) is 0 Å². The van der Waals surface area contributed by atoms with Crippen LogP contribution in [-0.2, 0) is 12.3 Å². The molecule has 0 saturated carbocycles. The van der Waals surface area contributed by atoms with Crippen molar-refractivity contribution >= 4 is 11.6 Å². The first-order valence-electron chi connectivity index (χ1n) is 10.3. The van der Waals surface area contributed by atoms with E-state index >= 15 is 4.39 Å². The van der Waals surface area contributed by atoms with Crippen LogP contribution in [0.1, 0.15) is 38.6 Å². The number of amides is 1. The van der Waals surface area contributed by atoms with Gasteiger partial charge in [0.05, 0.1) is 24.5 Å². The molecule has 0 unspecified atom stereocenters. The van der Waals surface area contributed by atoms with Gasteiger partial charge in [0.15, 0.2) is 5.67 Å². The van der Waals surface area contributed by atoms with Gasteiger partial charge in [-0.15, -0.1) is 0 Å². The number of hydrogen-bond acceptors (Lipinski definition) is 4. The van der Waals surface area contributed by atoms with E-state index in [0.29, 0.717) is 17.0 Å². The van der Waals surface area contributed by atoms with Crippen LogP contribution in [0.25, 0.3) is 11.3 Å². The number of likely N-dealkylation sites (tertiary alicyclic amines) is 1. The first-order valence-corrected chi connectivity index (χ1v) is 10.3. The average Bonchev–Trinajstić information content (AvgIpc) is 3.11. The van der Waals surface area contributed by atoms with E-state index in [4.69, 9.17) is 0 Å². The first-order chi connectivity index (χ1) is 14.8.